The Balaban J connectivity index is 0.00000147. The van der Waals surface area contributed by atoms with Crippen LogP contribution in [0.3, 0.4) is 0 Å². The van der Waals surface area contributed by atoms with Gasteiger partial charge in [0.05, 0.1) is 12.1 Å². The van der Waals surface area contributed by atoms with E-state index < -0.39 is 17.7 Å². The number of β-amino-alcohol motifs (C(OH)–C–C–N with tert-alkyl or cyclic N) is 1. The van der Waals surface area contributed by atoms with E-state index in [1.54, 1.807) is 0 Å². The third-order valence-electron chi connectivity index (χ3n) is 3.03. The van der Waals surface area contributed by atoms with Crippen LogP contribution >= 0.6 is 12.4 Å². The Kier molecular flexibility index (Phi) is 4.32. The summed E-state index contributed by atoms with van der Waals surface area (Å²) in [5.41, 5.74) is 0.340. The molecule has 0 spiro atoms. The lowest BCUT2D eigenvalue weighted by molar-refractivity contribution is 0.191. The first-order valence-corrected chi connectivity index (χ1v) is 5.84. The fourth-order valence-electron chi connectivity index (χ4n) is 2.03. The summed E-state index contributed by atoms with van der Waals surface area (Å²) in [6, 6.07) is 3.20. The minimum atomic E-state index is -0.960. The highest BCUT2D eigenvalue weighted by molar-refractivity contribution is 5.85. The van der Waals surface area contributed by atoms with E-state index in [0.29, 0.717) is 24.4 Å². The van der Waals surface area contributed by atoms with E-state index >= 15 is 0 Å². The second kappa shape index (κ2) is 5.82. The maximum Gasteiger partial charge on any atom is 0.244 e. The number of rotatable bonds is 2. The van der Waals surface area contributed by atoms with Gasteiger partial charge in [0.25, 0.3) is 0 Å². The number of aliphatic hydroxyl groups excluding tert-OH is 1. The first-order chi connectivity index (χ1) is 9.13. The number of aromatic nitrogens is 2. The molecule has 1 aromatic heterocycles. The summed E-state index contributed by atoms with van der Waals surface area (Å²) < 4.78 is 31.0. The number of benzene rings is 1. The van der Waals surface area contributed by atoms with Crippen molar-refractivity contribution in [3.05, 3.63) is 35.7 Å². The smallest absolute Gasteiger partial charge is 0.244 e. The van der Waals surface area contributed by atoms with Gasteiger partial charge in [-0.05, 0) is 24.6 Å². The zero-order valence-corrected chi connectivity index (χ0v) is 11.0. The van der Waals surface area contributed by atoms with Gasteiger partial charge in [-0.2, -0.15) is 4.98 Å². The van der Waals surface area contributed by atoms with E-state index in [2.05, 4.69) is 15.5 Å². The molecule has 2 aromatic rings. The summed E-state index contributed by atoms with van der Waals surface area (Å²) >= 11 is 0. The lowest BCUT2D eigenvalue weighted by Gasteiger charge is -2.01. The van der Waals surface area contributed by atoms with Crippen LogP contribution in [-0.4, -0.2) is 27.9 Å². The molecule has 0 amide bonds. The van der Waals surface area contributed by atoms with Crippen molar-refractivity contribution in [2.75, 3.05) is 6.54 Å². The van der Waals surface area contributed by atoms with Crippen molar-refractivity contribution in [1.29, 1.82) is 0 Å². The highest BCUT2D eigenvalue weighted by atomic mass is 35.5. The van der Waals surface area contributed by atoms with Crippen LogP contribution in [0.1, 0.15) is 18.4 Å². The third kappa shape index (κ3) is 2.79. The number of nitrogens with zero attached hydrogens (tertiary/aromatic N) is 2. The van der Waals surface area contributed by atoms with Crippen LogP contribution in [0.2, 0.25) is 0 Å². The second-order valence-corrected chi connectivity index (χ2v) is 4.44. The number of hydrogen-bond donors (Lipinski definition) is 2. The van der Waals surface area contributed by atoms with Crippen LogP contribution in [0.4, 0.5) is 8.78 Å². The van der Waals surface area contributed by atoms with Crippen molar-refractivity contribution < 1.29 is 18.4 Å². The molecule has 108 valence electrons. The Bertz CT molecular complexity index is 608. The molecule has 3 rings (SSSR count). The molecule has 20 heavy (non-hydrogen) atoms. The summed E-state index contributed by atoms with van der Waals surface area (Å²) in [6.07, 6.45) is 0.0444. The molecular formula is C12H12ClF2N3O2. The predicted molar refractivity (Wildman–Crippen MR) is 68.3 cm³/mol. The van der Waals surface area contributed by atoms with E-state index in [1.165, 1.54) is 6.07 Å². The highest BCUT2D eigenvalue weighted by Gasteiger charge is 2.28. The zero-order valence-electron chi connectivity index (χ0n) is 10.2. The maximum absolute atomic E-state index is 13.1. The molecule has 1 fully saturated rings. The molecule has 5 nitrogen and oxygen atoms in total. The highest BCUT2D eigenvalue weighted by Crippen LogP contribution is 2.25. The Labute approximate surface area is 119 Å². The van der Waals surface area contributed by atoms with E-state index in [0.717, 1.165) is 12.1 Å². The quantitative estimate of drug-likeness (QED) is 0.885. The standard InChI is InChI=1S/C12H11F2N3O2.ClH/c13-8-2-1-6(3-9(8)14)11-16-12(19-17-11)10-4-7(18)5-15-10;/h1-3,7,10,15,18H,4-5H2;1H/t7-,10-;/m1./s1. The molecule has 0 bridgehead atoms. The van der Waals surface area contributed by atoms with E-state index in [4.69, 9.17) is 4.52 Å². The number of aliphatic hydroxyl groups is 1. The van der Waals surface area contributed by atoms with Crippen molar-refractivity contribution in [3.63, 3.8) is 0 Å². The third-order valence-corrected chi connectivity index (χ3v) is 3.03. The van der Waals surface area contributed by atoms with E-state index in [9.17, 15) is 13.9 Å². The average Bonchev–Trinajstić information content (AvgIpc) is 3.01. The van der Waals surface area contributed by atoms with E-state index in [1.807, 2.05) is 0 Å². The normalized spacial score (nSPS) is 21.8. The van der Waals surface area contributed by atoms with Crippen LogP contribution in [-0.2, 0) is 0 Å². The molecule has 0 radical (unpaired) electrons. The molecule has 0 aliphatic carbocycles. The van der Waals surface area contributed by atoms with Gasteiger partial charge >= 0.3 is 0 Å². The van der Waals surface area contributed by atoms with Gasteiger partial charge in [0.15, 0.2) is 11.6 Å². The van der Waals surface area contributed by atoms with Crippen LogP contribution in [0.5, 0.6) is 0 Å². The summed E-state index contributed by atoms with van der Waals surface area (Å²) in [5, 5.41) is 16.2. The van der Waals surface area contributed by atoms with Gasteiger partial charge in [-0.15, -0.1) is 12.4 Å². The molecule has 1 aliphatic rings. The summed E-state index contributed by atoms with van der Waals surface area (Å²) in [4.78, 5) is 4.13. The predicted octanol–water partition coefficient (Wildman–Crippen LogP) is 1.83. The lowest BCUT2D eigenvalue weighted by Crippen LogP contribution is -2.15. The Morgan fingerprint density at radius 1 is 1.30 bits per heavy atom. The van der Waals surface area contributed by atoms with Crippen molar-refractivity contribution in [3.8, 4) is 11.4 Å². The molecule has 2 heterocycles. The number of halogens is 3. The average molecular weight is 304 g/mol. The van der Waals surface area contributed by atoms with Crippen LogP contribution in [0.25, 0.3) is 11.4 Å². The summed E-state index contributed by atoms with van der Waals surface area (Å²) in [5.74, 6) is -1.36. The van der Waals surface area contributed by atoms with Gasteiger partial charge < -0.3 is 14.9 Å². The SMILES string of the molecule is Cl.O[C@H]1CN[C@@H](c2nc(-c3ccc(F)c(F)c3)no2)C1. The molecule has 1 aliphatic heterocycles. The molecule has 1 saturated heterocycles. The van der Waals surface area contributed by atoms with E-state index in [-0.39, 0.29) is 24.3 Å². The first-order valence-electron chi connectivity index (χ1n) is 5.84. The second-order valence-electron chi connectivity index (χ2n) is 4.44. The van der Waals surface area contributed by atoms with Crippen molar-refractivity contribution in [1.82, 2.24) is 15.5 Å². The van der Waals surface area contributed by atoms with Gasteiger partial charge in [0.1, 0.15) is 0 Å². The van der Waals surface area contributed by atoms with Crippen molar-refractivity contribution in [2.24, 2.45) is 0 Å². The topological polar surface area (TPSA) is 71.2 Å². The molecule has 1 aromatic carbocycles. The summed E-state index contributed by atoms with van der Waals surface area (Å²) in [7, 11) is 0. The zero-order chi connectivity index (χ0) is 13.4. The fourth-order valence-corrected chi connectivity index (χ4v) is 2.03. The Morgan fingerprint density at radius 2 is 2.10 bits per heavy atom. The monoisotopic (exact) mass is 303 g/mol. The fraction of sp³-hybridized carbons (Fsp3) is 0.333. The first kappa shape index (κ1) is 14.8. The number of hydrogen-bond acceptors (Lipinski definition) is 5. The minimum Gasteiger partial charge on any atom is -0.392 e. The van der Waals surface area contributed by atoms with Gasteiger partial charge in [0.2, 0.25) is 11.7 Å². The molecule has 0 saturated carbocycles. The van der Waals surface area contributed by atoms with Crippen LogP contribution < -0.4 is 5.32 Å². The summed E-state index contributed by atoms with van der Waals surface area (Å²) in [6.45, 7) is 0.466. The van der Waals surface area contributed by atoms with Crippen molar-refractivity contribution >= 4 is 12.4 Å². The van der Waals surface area contributed by atoms with Crippen LogP contribution in [0, 0.1) is 11.6 Å². The molecule has 2 N–H and O–H groups in total. The molecule has 8 heteroatoms. The van der Waals surface area contributed by atoms with Crippen molar-refractivity contribution in [2.45, 2.75) is 18.6 Å². The largest absolute Gasteiger partial charge is 0.392 e. The number of nitrogens with one attached hydrogen (secondary N) is 1. The lowest BCUT2D eigenvalue weighted by atomic mass is 10.2. The molecule has 0 unspecified atom stereocenters. The Hall–Kier alpha value is -1.57. The van der Waals surface area contributed by atoms with Gasteiger partial charge in [-0.1, -0.05) is 5.16 Å². The van der Waals surface area contributed by atoms with Gasteiger partial charge in [-0.3, -0.25) is 0 Å². The van der Waals surface area contributed by atoms with Crippen LogP contribution in [0.15, 0.2) is 22.7 Å². The van der Waals surface area contributed by atoms with Gasteiger partial charge in [-0.25, -0.2) is 8.78 Å². The molecule has 2 atom stereocenters. The maximum atomic E-state index is 13.1. The Morgan fingerprint density at radius 3 is 2.75 bits per heavy atom. The molecular weight excluding hydrogens is 292 g/mol. The van der Waals surface area contributed by atoms with Gasteiger partial charge in [0, 0.05) is 12.1 Å². The minimum absolute atomic E-state index is 0.